The molecule has 2 aromatic heterocycles. The second kappa shape index (κ2) is 6.81. The summed E-state index contributed by atoms with van der Waals surface area (Å²) >= 11 is 0. The van der Waals surface area contributed by atoms with Crippen LogP contribution in [0.3, 0.4) is 0 Å². The third-order valence-corrected chi connectivity index (χ3v) is 4.55. The van der Waals surface area contributed by atoms with Gasteiger partial charge in [0.25, 0.3) is 0 Å². The van der Waals surface area contributed by atoms with Crippen LogP contribution in [0, 0.1) is 0 Å². The van der Waals surface area contributed by atoms with Gasteiger partial charge in [-0.15, -0.1) is 0 Å². The molecule has 0 saturated carbocycles. The zero-order chi connectivity index (χ0) is 16.3. The van der Waals surface area contributed by atoms with Gasteiger partial charge in [-0.1, -0.05) is 13.3 Å². The Kier molecular flexibility index (Phi) is 4.78. The number of nitrogens with zero attached hydrogens (tertiary/aromatic N) is 3. The van der Waals surface area contributed by atoms with E-state index in [0.717, 1.165) is 56.2 Å². The third kappa shape index (κ3) is 3.46. The van der Waals surface area contributed by atoms with E-state index in [4.69, 9.17) is 4.42 Å². The first-order valence-electron chi connectivity index (χ1n) is 8.47. The van der Waals surface area contributed by atoms with Gasteiger partial charge in [0.1, 0.15) is 0 Å². The largest absolute Gasteiger partial charge is 0.439 e. The molecule has 0 amide bonds. The lowest BCUT2D eigenvalue weighted by atomic mass is 10.0. The Bertz CT molecular complexity index is 644. The summed E-state index contributed by atoms with van der Waals surface area (Å²) in [6, 6.07) is 2.15. The number of aromatic nitrogens is 2. The van der Waals surface area contributed by atoms with E-state index in [1.54, 1.807) is 0 Å². The first-order valence-corrected chi connectivity index (χ1v) is 8.47. The Balaban J connectivity index is 1.83. The molecule has 0 aliphatic carbocycles. The molecular formula is C18H26N4O. The van der Waals surface area contributed by atoms with E-state index in [0.29, 0.717) is 0 Å². The van der Waals surface area contributed by atoms with Crippen LogP contribution in [0.5, 0.6) is 0 Å². The molecule has 2 aromatic rings. The van der Waals surface area contributed by atoms with Crippen LogP contribution in [0.4, 0.5) is 0 Å². The zero-order valence-electron chi connectivity index (χ0n) is 14.3. The minimum Gasteiger partial charge on any atom is -0.439 e. The molecule has 0 unspecified atom stereocenters. The second-order valence-corrected chi connectivity index (χ2v) is 6.66. The molecule has 1 N–H and O–H groups in total. The van der Waals surface area contributed by atoms with Crippen molar-refractivity contribution < 1.29 is 4.42 Å². The van der Waals surface area contributed by atoms with Crippen LogP contribution < -0.4 is 5.32 Å². The molecule has 5 nitrogen and oxygen atoms in total. The maximum Gasteiger partial charge on any atom is 0.214 e. The van der Waals surface area contributed by atoms with Gasteiger partial charge >= 0.3 is 0 Å². The predicted molar refractivity (Wildman–Crippen MR) is 91.2 cm³/mol. The van der Waals surface area contributed by atoms with Gasteiger partial charge in [-0.2, -0.15) is 0 Å². The van der Waals surface area contributed by atoms with Crippen LogP contribution in [0.25, 0.3) is 11.3 Å². The Morgan fingerprint density at radius 1 is 1.22 bits per heavy atom. The molecule has 23 heavy (non-hydrogen) atoms. The average molecular weight is 314 g/mol. The van der Waals surface area contributed by atoms with Gasteiger partial charge in [-0.25, -0.2) is 4.98 Å². The molecule has 0 spiro atoms. The van der Waals surface area contributed by atoms with Crippen molar-refractivity contribution in [2.75, 3.05) is 26.2 Å². The number of oxazole rings is 1. The molecule has 1 aliphatic rings. The van der Waals surface area contributed by atoms with E-state index in [1.165, 1.54) is 5.56 Å². The summed E-state index contributed by atoms with van der Waals surface area (Å²) in [7, 11) is 0. The van der Waals surface area contributed by atoms with Crippen molar-refractivity contribution in [3.05, 3.63) is 36.1 Å². The van der Waals surface area contributed by atoms with Crippen molar-refractivity contribution in [3.8, 4) is 11.3 Å². The summed E-state index contributed by atoms with van der Waals surface area (Å²) in [5.74, 6) is 1.57. The minimum absolute atomic E-state index is 0.200. The summed E-state index contributed by atoms with van der Waals surface area (Å²) in [6.07, 6.45) is 7.75. The lowest BCUT2D eigenvalue weighted by molar-refractivity contribution is 0.0783. The molecule has 5 heteroatoms. The quantitative estimate of drug-likeness (QED) is 0.919. The van der Waals surface area contributed by atoms with Crippen LogP contribution in [0.2, 0.25) is 0 Å². The number of nitrogens with one attached hydrogen (secondary N) is 1. The van der Waals surface area contributed by atoms with Crippen molar-refractivity contribution in [1.29, 1.82) is 0 Å². The smallest absolute Gasteiger partial charge is 0.214 e. The fourth-order valence-electron chi connectivity index (χ4n) is 3.10. The van der Waals surface area contributed by atoms with Crippen molar-refractivity contribution in [1.82, 2.24) is 20.2 Å². The summed E-state index contributed by atoms with van der Waals surface area (Å²) in [5.41, 5.74) is 2.05. The Morgan fingerprint density at radius 2 is 2.00 bits per heavy atom. The molecule has 0 radical (unpaired) electrons. The van der Waals surface area contributed by atoms with Crippen molar-refractivity contribution in [2.45, 2.75) is 39.2 Å². The number of rotatable bonds is 5. The maximum atomic E-state index is 6.11. The molecule has 0 aromatic carbocycles. The molecule has 1 fully saturated rings. The van der Waals surface area contributed by atoms with Crippen molar-refractivity contribution in [3.63, 3.8) is 0 Å². The number of piperazine rings is 1. The average Bonchev–Trinajstić information content (AvgIpc) is 3.07. The Labute approximate surface area is 138 Å². The SMILES string of the molecule is CCCc1cncc(-c2cnc(C(C)(C)N3CCNCC3)o2)c1. The van der Waals surface area contributed by atoms with Crippen LogP contribution in [-0.2, 0) is 12.0 Å². The minimum atomic E-state index is -0.200. The van der Waals surface area contributed by atoms with Gasteiger partial charge in [0.2, 0.25) is 5.89 Å². The normalized spacial score (nSPS) is 16.7. The molecule has 3 rings (SSSR count). The van der Waals surface area contributed by atoms with E-state index < -0.39 is 0 Å². The first kappa shape index (κ1) is 16.1. The van der Waals surface area contributed by atoms with E-state index in [1.807, 2.05) is 18.6 Å². The molecule has 1 aliphatic heterocycles. The summed E-state index contributed by atoms with van der Waals surface area (Å²) in [5, 5.41) is 3.39. The highest BCUT2D eigenvalue weighted by atomic mass is 16.4. The van der Waals surface area contributed by atoms with E-state index >= 15 is 0 Å². The summed E-state index contributed by atoms with van der Waals surface area (Å²) in [4.78, 5) is 11.3. The van der Waals surface area contributed by atoms with Gasteiger partial charge in [0, 0.05) is 44.1 Å². The standard InChI is InChI=1S/C18H26N4O/c1-4-5-14-10-15(12-20-11-14)16-13-21-17(23-16)18(2,3)22-8-6-19-7-9-22/h10-13,19H,4-9H2,1-3H3. The van der Waals surface area contributed by atoms with Gasteiger partial charge in [0.05, 0.1) is 11.7 Å². The molecular weight excluding hydrogens is 288 g/mol. The Morgan fingerprint density at radius 3 is 2.74 bits per heavy atom. The molecule has 0 atom stereocenters. The van der Waals surface area contributed by atoms with E-state index in [9.17, 15) is 0 Å². The highest BCUT2D eigenvalue weighted by molar-refractivity contribution is 5.55. The fraction of sp³-hybridized carbons (Fsp3) is 0.556. The lowest BCUT2D eigenvalue weighted by Crippen LogP contribution is -2.51. The Hall–Kier alpha value is -1.72. The van der Waals surface area contributed by atoms with Gasteiger partial charge in [-0.3, -0.25) is 9.88 Å². The first-order chi connectivity index (χ1) is 11.1. The topological polar surface area (TPSA) is 54.2 Å². The van der Waals surface area contributed by atoms with Crippen molar-refractivity contribution in [2.24, 2.45) is 0 Å². The number of pyridine rings is 1. The summed E-state index contributed by atoms with van der Waals surface area (Å²) < 4.78 is 6.11. The second-order valence-electron chi connectivity index (χ2n) is 6.66. The third-order valence-electron chi connectivity index (χ3n) is 4.55. The fourth-order valence-corrected chi connectivity index (χ4v) is 3.10. The van der Waals surface area contributed by atoms with Crippen molar-refractivity contribution >= 4 is 0 Å². The number of hydrogen-bond acceptors (Lipinski definition) is 5. The molecule has 0 bridgehead atoms. The van der Waals surface area contributed by atoms with E-state index in [2.05, 4.69) is 47.0 Å². The maximum absolute atomic E-state index is 6.11. The van der Waals surface area contributed by atoms with Crippen LogP contribution >= 0.6 is 0 Å². The number of hydrogen-bond donors (Lipinski definition) is 1. The molecule has 3 heterocycles. The van der Waals surface area contributed by atoms with E-state index in [-0.39, 0.29) is 5.54 Å². The van der Waals surface area contributed by atoms with Gasteiger partial charge in [-0.05, 0) is 31.9 Å². The lowest BCUT2D eigenvalue weighted by Gasteiger charge is -2.38. The number of aryl methyl sites for hydroxylation is 1. The van der Waals surface area contributed by atoms with Crippen LogP contribution in [0.1, 0.15) is 38.6 Å². The highest BCUT2D eigenvalue weighted by Gasteiger charge is 2.34. The van der Waals surface area contributed by atoms with Crippen LogP contribution in [-0.4, -0.2) is 41.0 Å². The summed E-state index contributed by atoms with van der Waals surface area (Å²) in [6.45, 7) is 10.6. The van der Waals surface area contributed by atoms with Gasteiger partial charge in [0.15, 0.2) is 5.76 Å². The molecule has 1 saturated heterocycles. The van der Waals surface area contributed by atoms with Crippen LogP contribution in [0.15, 0.2) is 29.1 Å². The monoisotopic (exact) mass is 314 g/mol. The van der Waals surface area contributed by atoms with Gasteiger partial charge < -0.3 is 9.73 Å². The predicted octanol–water partition coefficient (Wildman–Crippen LogP) is 2.83. The zero-order valence-corrected chi connectivity index (χ0v) is 14.3. The molecule has 124 valence electrons. The highest BCUT2D eigenvalue weighted by Crippen LogP contribution is 2.30.